The maximum atomic E-state index is 2.36. The lowest BCUT2D eigenvalue weighted by Crippen LogP contribution is -1.91. The molecule has 0 aliphatic heterocycles. The van der Waals surface area contributed by atoms with E-state index in [0.717, 1.165) is 0 Å². The van der Waals surface area contributed by atoms with E-state index in [9.17, 15) is 0 Å². The van der Waals surface area contributed by atoms with E-state index in [1.807, 2.05) is 11.3 Å². The zero-order valence-electron chi connectivity index (χ0n) is 25.6. The van der Waals surface area contributed by atoms with Crippen LogP contribution in [-0.2, 0) is 0 Å². The zero-order chi connectivity index (χ0) is 30.9. The molecular weight excluding hydrogens is 585 g/mol. The Hall–Kier alpha value is -5.76. The summed E-state index contributed by atoms with van der Waals surface area (Å²) in [4.78, 5) is 0. The second kappa shape index (κ2) is 10.4. The molecule has 0 nitrogen and oxygen atoms in total. The maximum absolute atomic E-state index is 2.36. The lowest BCUT2D eigenvalue weighted by atomic mass is 9.85. The van der Waals surface area contributed by atoms with E-state index < -0.39 is 0 Å². The molecule has 0 radical (unpaired) electrons. The molecule has 1 heteroatoms. The van der Waals surface area contributed by atoms with Crippen LogP contribution in [0.5, 0.6) is 0 Å². The fraction of sp³-hybridized carbons (Fsp3) is 0. The van der Waals surface area contributed by atoms with Crippen molar-refractivity contribution in [3.8, 4) is 33.4 Å². The first-order valence-electron chi connectivity index (χ1n) is 16.2. The van der Waals surface area contributed by atoms with Crippen LogP contribution in [0.25, 0.3) is 96.6 Å². The van der Waals surface area contributed by atoms with E-state index >= 15 is 0 Å². The minimum atomic E-state index is 1.24. The molecule has 1 heterocycles. The molecule has 0 unspecified atom stereocenters. The molecule has 0 amide bonds. The predicted octanol–water partition coefficient (Wildman–Crippen LogP) is 13.7. The number of hydrogen-bond donors (Lipinski definition) is 0. The molecule has 0 atom stereocenters. The predicted molar refractivity (Wildman–Crippen MR) is 206 cm³/mol. The molecule has 47 heavy (non-hydrogen) atoms. The third kappa shape index (κ3) is 4.21. The van der Waals surface area contributed by atoms with Crippen LogP contribution >= 0.6 is 11.3 Å². The smallest absolute Gasteiger partial charge is 0.0361 e. The van der Waals surface area contributed by atoms with Gasteiger partial charge in [-0.3, -0.25) is 0 Å². The van der Waals surface area contributed by atoms with Crippen molar-refractivity contribution in [2.75, 3.05) is 0 Å². The molecule has 0 aliphatic rings. The summed E-state index contributed by atoms with van der Waals surface area (Å²) in [5.74, 6) is 0. The van der Waals surface area contributed by atoms with Crippen LogP contribution in [0.1, 0.15) is 0 Å². The van der Waals surface area contributed by atoms with E-state index in [1.54, 1.807) is 0 Å². The number of hydrogen-bond acceptors (Lipinski definition) is 1. The first-order chi connectivity index (χ1) is 23.3. The molecule has 0 fully saturated rings. The minimum Gasteiger partial charge on any atom is -0.135 e. The number of fused-ring (bicyclic) bond motifs is 7. The van der Waals surface area contributed by atoms with Crippen LogP contribution in [0.2, 0.25) is 0 Å². The van der Waals surface area contributed by atoms with Gasteiger partial charge in [0.25, 0.3) is 0 Å². The first kappa shape index (κ1) is 26.5. The molecule has 0 saturated carbocycles. The molecule has 10 aromatic rings. The fourth-order valence-electron chi connectivity index (χ4n) is 7.57. The molecule has 10 rings (SSSR count). The summed E-state index contributed by atoms with van der Waals surface area (Å²) in [6, 6.07) is 62.8. The number of rotatable bonds is 3. The van der Waals surface area contributed by atoms with Crippen molar-refractivity contribution in [2.45, 2.75) is 0 Å². The zero-order valence-corrected chi connectivity index (χ0v) is 26.4. The van der Waals surface area contributed by atoms with Crippen LogP contribution in [0.15, 0.2) is 170 Å². The van der Waals surface area contributed by atoms with Gasteiger partial charge in [0.05, 0.1) is 0 Å². The van der Waals surface area contributed by atoms with Crippen molar-refractivity contribution >= 4 is 74.6 Å². The third-order valence-corrected chi connectivity index (χ3v) is 10.9. The van der Waals surface area contributed by atoms with Gasteiger partial charge in [0.1, 0.15) is 0 Å². The van der Waals surface area contributed by atoms with Crippen LogP contribution in [0.4, 0.5) is 0 Å². The quantitative estimate of drug-likeness (QED) is 0.174. The molecule has 0 saturated heterocycles. The van der Waals surface area contributed by atoms with Crippen molar-refractivity contribution < 1.29 is 0 Å². The first-order valence-corrected chi connectivity index (χ1v) is 17.0. The topological polar surface area (TPSA) is 0 Å². The van der Waals surface area contributed by atoms with Gasteiger partial charge in [0, 0.05) is 20.2 Å². The summed E-state index contributed by atoms with van der Waals surface area (Å²) in [5.41, 5.74) is 7.57. The summed E-state index contributed by atoms with van der Waals surface area (Å²) in [6.45, 7) is 0. The highest BCUT2D eigenvalue weighted by Gasteiger charge is 2.17. The van der Waals surface area contributed by atoms with Crippen molar-refractivity contribution in [2.24, 2.45) is 0 Å². The Morgan fingerprint density at radius 1 is 0.255 bits per heavy atom. The van der Waals surface area contributed by atoms with Gasteiger partial charge in [-0.2, -0.15) is 0 Å². The highest BCUT2D eigenvalue weighted by molar-refractivity contribution is 7.25. The lowest BCUT2D eigenvalue weighted by molar-refractivity contribution is 1.63. The molecule has 0 bridgehead atoms. The van der Waals surface area contributed by atoms with Gasteiger partial charge in [0.2, 0.25) is 0 Å². The highest BCUT2D eigenvalue weighted by atomic mass is 32.1. The number of thiophene rings is 1. The SMILES string of the molecule is c1ccc2cc(-c3c4ccccc4c(-c4ccc(-c5ccc6c(c5)sc5cc7ccccc7cc56)cc4)c4ccccc34)ccc2c1. The van der Waals surface area contributed by atoms with Crippen molar-refractivity contribution in [3.63, 3.8) is 0 Å². The summed E-state index contributed by atoms with van der Waals surface area (Å²) in [5, 5.41) is 12.9. The Balaban J connectivity index is 1.11. The van der Waals surface area contributed by atoms with Crippen molar-refractivity contribution in [1.82, 2.24) is 0 Å². The standard InChI is InChI=1S/C46H28S/c1-2-10-32-25-36(22-19-29(32)9-1)46-40-15-7-5-13-38(40)45(39-14-6-8-16-41(39)46)31-20-17-30(18-21-31)35-23-24-37-42-26-33-11-3-4-12-34(33)27-44(42)47-43(37)28-35/h1-28H. The van der Waals surface area contributed by atoms with E-state index in [0.29, 0.717) is 0 Å². The molecule has 0 N–H and O–H groups in total. The van der Waals surface area contributed by atoms with E-state index in [1.165, 1.54) is 96.6 Å². The van der Waals surface area contributed by atoms with Gasteiger partial charge >= 0.3 is 0 Å². The summed E-state index contributed by atoms with van der Waals surface area (Å²) in [6.07, 6.45) is 0. The lowest BCUT2D eigenvalue weighted by Gasteiger charge is -2.18. The molecule has 218 valence electrons. The summed E-state index contributed by atoms with van der Waals surface area (Å²) >= 11 is 1.89. The van der Waals surface area contributed by atoms with Gasteiger partial charge < -0.3 is 0 Å². The van der Waals surface area contributed by atoms with Gasteiger partial charge in [-0.05, 0) is 101 Å². The molecule has 0 spiro atoms. The molecule has 1 aromatic heterocycles. The minimum absolute atomic E-state index is 1.24. The van der Waals surface area contributed by atoms with Crippen molar-refractivity contribution in [3.05, 3.63) is 170 Å². The second-order valence-corrected chi connectivity index (χ2v) is 13.6. The highest BCUT2D eigenvalue weighted by Crippen LogP contribution is 2.45. The second-order valence-electron chi connectivity index (χ2n) is 12.5. The normalized spacial score (nSPS) is 11.8. The Bertz CT molecular complexity index is 2780. The van der Waals surface area contributed by atoms with Crippen LogP contribution in [-0.4, -0.2) is 0 Å². The fourth-order valence-corrected chi connectivity index (χ4v) is 8.74. The summed E-state index contributed by atoms with van der Waals surface area (Å²) in [7, 11) is 0. The Kier molecular flexibility index (Phi) is 5.85. The molecular formula is C46H28S. The van der Waals surface area contributed by atoms with Crippen molar-refractivity contribution in [1.29, 1.82) is 0 Å². The monoisotopic (exact) mass is 612 g/mol. The van der Waals surface area contributed by atoms with Crippen LogP contribution in [0, 0.1) is 0 Å². The van der Waals surface area contributed by atoms with E-state index in [4.69, 9.17) is 0 Å². The average Bonchev–Trinajstić information content (AvgIpc) is 3.49. The largest absolute Gasteiger partial charge is 0.135 e. The van der Waals surface area contributed by atoms with E-state index in [-0.39, 0.29) is 0 Å². The summed E-state index contributed by atoms with van der Waals surface area (Å²) < 4.78 is 2.68. The Morgan fingerprint density at radius 2 is 0.723 bits per heavy atom. The maximum Gasteiger partial charge on any atom is 0.0361 e. The Morgan fingerprint density at radius 3 is 1.38 bits per heavy atom. The van der Waals surface area contributed by atoms with Gasteiger partial charge in [0.15, 0.2) is 0 Å². The van der Waals surface area contributed by atoms with Gasteiger partial charge in [-0.25, -0.2) is 0 Å². The van der Waals surface area contributed by atoms with Crippen LogP contribution < -0.4 is 0 Å². The molecule has 0 aliphatic carbocycles. The van der Waals surface area contributed by atoms with Gasteiger partial charge in [-0.15, -0.1) is 11.3 Å². The van der Waals surface area contributed by atoms with E-state index in [2.05, 4.69) is 170 Å². The average molecular weight is 613 g/mol. The third-order valence-electron chi connectivity index (χ3n) is 9.82. The molecule has 9 aromatic carbocycles. The van der Waals surface area contributed by atoms with Gasteiger partial charge in [-0.1, -0.05) is 146 Å². The van der Waals surface area contributed by atoms with Crippen LogP contribution in [0.3, 0.4) is 0 Å². The Labute approximate surface area is 276 Å². The number of benzene rings is 9.